The van der Waals surface area contributed by atoms with Crippen LogP contribution in [0.2, 0.25) is 0 Å². The van der Waals surface area contributed by atoms with Crippen LogP contribution in [0.25, 0.3) is 0 Å². The molecule has 0 bridgehead atoms. The van der Waals surface area contributed by atoms with Gasteiger partial charge in [-0.05, 0) is 31.9 Å². The van der Waals surface area contributed by atoms with Crippen molar-refractivity contribution < 1.29 is 23.0 Å². The zero-order chi connectivity index (χ0) is 15.2. The van der Waals surface area contributed by atoms with Gasteiger partial charge in [0.2, 0.25) is 0 Å². The molecule has 0 aromatic heterocycles. The maximum Gasteiger partial charge on any atom is 0.323 e. The Labute approximate surface area is 122 Å². The molecule has 116 valence electrons. The molecule has 1 saturated carbocycles. The van der Waals surface area contributed by atoms with Crippen LogP contribution in [0.3, 0.4) is 0 Å². The molecule has 1 aromatic rings. The van der Waals surface area contributed by atoms with E-state index in [1.165, 1.54) is 6.07 Å². The van der Waals surface area contributed by atoms with Crippen LogP contribution in [0.15, 0.2) is 18.2 Å². The average molecular weight is 299 g/mol. The number of esters is 1. The van der Waals surface area contributed by atoms with Crippen LogP contribution >= 0.6 is 0 Å². The molecule has 0 amide bonds. The van der Waals surface area contributed by atoms with E-state index in [-0.39, 0.29) is 12.6 Å². The van der Waals surface area contributed by atoms with Gasteiger partial charge in [-0.3, -0.25) is 4.79 Å². The first-order valence-electron chi connectivity index (χ1n) is 7.11. The van der Waals surface area contributed by atoms with Gasteiger partial charge in [-0.25, -0.2) is 8.78 Å². The number of benzene rings is 1. The fraction of sp³-hybridized carbons (Fsp3) is 0.533. The van der Waals surface area contributed by atoms with Crippen molar-refractivity contribution >= 4 is 5.97 Å². The Morgan fingerprint density at radius 1 is 1.38 bits per heavy atom. The van der Waals surface area contributed by atoms with Crippen LogP contribution in [0.5, 0.6) is 5.75 Å². The lowest BCUT2D eigenvalue weighted by atomic mass is 10.2. The van der Waals surface area contributed by atoms with Crippen molar-refractivity contribution in [1.82, 2.24) is 5.32 Å². The van der Waals surface area contributed by atoms with Crippen LogP contribution in [-0.2, 0) is 9.53 Å². The highest BCUT2D eigenvalue weighted by molar-refractivity contribution is 5.75. The zero-order valence-electron chi connectivity index (χ0n) is 11.9. The number of hydrogen-bond acceptors (Lipinski definition) is 4. The monoisotopic (exact) mass is 299 g/mol. The molecule has 1 atom stereocenters. The maximum absolute atomic E-state index is 13.4. The predicted octanol–water partition coefficient (Wildman–Crippen LogP) is 2.42. The summed E-state index contributed by atoms with van der Waals surface area (Å²) >= 11 is 0. The second kappa shape index (κ2) is 7.36. The van der Waals surface area contributed by atoms with E-state index in [2.05, 4.69) is 5.32 Å². The van der Waals surface area contributed by atoms with Gasteiger partial charge in [0, 0.05) is 12.5 Å². The Morgan fingerprint density at radius 2 is 2.05 bits per heavy atom. The minimum Gasteiger partial charge on any atom is -0.488 e. The fourth-order valence-electron chi connectivity index (χ4n) is 1.95. The SMILES string of the molecule is CCOC(=O)C(CCOc1c(F)cccc1F)NC1CC1. The Kier molecular flexibility index (Phi) is 5.50. The molecule has 1 fully saturated rings. The van der Waals surface area contributed by atoms with Crippen LogP contribution in [0.1, 0.15) is 26.2 Å². The van der Waals surface area contributed by atoms with Crippen molar-refractivity contribution in [2.45, 2.75) is 38.3 Å². The number of para-hydroxylation sites is 1. The number of rotatable bonds is 8. The number of hydrogen-bond donors (Lipinski definition) is 1. The molecular weight excluding hydrogens is 280 g/mol. The molecule has 0 aliphatic heterocycles. The summed E-state index contributed by atoms with van der Waals surface area (Å²) in [6.07, 6.45) is 2.35. The highest BCUT2D eigenvalue weighted by Gasteiger charge is 2.29. The molecule has 0 radical (unpaired) electrons. The Hall–Kier alpha value is -1.69. The molecule has 1 aromatic carbocycles. The third kappa shape index (κ3) is 4.67. The lowest BCUT2D eigenvalue weighted by Gasteiger charge is -2.17. The first kappa shape index (κ1) is 15.7. The standard InChI is InChI=1S/C15H19F2NO3/c1-2-20-15(19)13(18-10-6-7-10)8-9-21-14-11(16)4-3-5-12(14)17/h3-5,10,13,18H,2,6-9H2,1H3. The molecule has 21 heavy (non-hydrogen) atoms. The zero-order valence-corrected chi connectivity index (χ0v) is 11.9. The van der Waals surface area contributed by atoms with Gasteiger partial charge in [0.15, 0.2) is 17.4 Å². The average Bonchev–Trinajstić information content (AvgIpc) is 3.25. The minimum absolute atomic E-state index is 0.0288. The van der Waals surface area contributed by atoms with E-state index in [1.54, 1.807) is 6.92 Å². The van der Waals surface area contributed by atoms with Crippen molar-refractivity contribution in [2.75, 3.05) is 13.2 Å². The third-order valence-corrected chi connectivity index (χ3v) is 3.16. The number of carbonyl (C=O) groups is 1. The molecule has 0 saturated heterocycles. The van der Waals surface area contributed by atoms with Crippen molar-refractivity contribution in [3.63, 3.8) is 0 Å². The van der Waals surface area contributed by atoms with E-state index in [9.17, 15) is 13.6 Å². The first-order valence-corrected chi connectivity index (χ1v) is 7.11. The molecule has 0 spiro atoms. The summed E-state index contributed by atoms with van der Waals surface area (Å²) in [5.41, 5.74) is 0. The van der Waals surface area contributed by atoms with Gasteiger partial charge in [-0.15, -0.1) is 0 Å². The molecule has 1 aliphatic rings. The summed E-state index contributed by atoms with van der Waals surface area (Å²) in [5, 5.41) is 3.15. The van der Waals surface area contributed by atoms with Crippen molar-refractivity contribution in [3.05, 3.63) is 29.8 Å². The van der Waals surface area contributed by atoms with Crippen molar-refractivity contribution in [3.8, 4) is 5.75 Å². The van der Waals surface area contributed by atoms with Gasteiger partial charge in [-0.2, -0.15) is 0 Å². The molecule has 1 unspecified atom stereocenters. The third-order valence-electron chi connectivity index (χ3n) is 3.16. The Morgan fingerprint density at radius 3 is 2.62 bits per heavy atom. The van der Waals surface area contributed by atoms with E-state index in [0.717, 1.165) is 25.0 Å². The van der Waals surface area contributed by atoms with E-state index in [4.69, 9.17) is 9.47 Å². The smallest absolute Gasteiger partial charge is 0.323 e. The lowest BCUT2D eigenvalue weighted by molar-refractivity contribution is -0.146. The second-order valence-corrected chi connectivity index (χ2v) is 4.93. The molecule has 0 heterocycles. The van der Waals surface area contributed by atoms with Gasteiger partial charge in [-0.1, -0.05) is 6.07 Å². The molecule has 1 aliphatic carbocycles. The summed E-state index contributed by atoms with van der Waals surface area (Å²) in [4.78, 5) is 11.8. The molecular formula is C15H19F2NO3. The van der Waals surface area contributed by atoms with Crippen molar-refractivity contribution in [1.29, 1.82) is 0 Å². The Balaban J connectivity index is 1.87. The van der Waals surface area contributed by atoms with E-state index < -0.39 is 23.4 Å². The van der Waals surface area contributed by atoms with Gasteiger partial charge >= 0.3 is 5.97 Å². The second-order valence-electron chi connectivity index (χ2n) is 4.93. The van der Waals surface area contributed by atoms with Crippen molar-refractivity contribution in [2.24, 2.45) is 0 Å². The van der Waals surface area contributed by atoms with Crippen LogP contribution in [-0.4, -0.2) is 31.3 Å². The number of nitrogens with one attached hydrogen (secondary N) is 1. The molecule has 4 nitrogen and oxygen atoms in total. The summed E-state index contributed by atoms with van der Waals surface area (Å²) in [7, 11) is 0. The van der Waals surface area contributed by atoms with Gasteiger partial charge in [0.1, 0.15) is 6.04 Å². The summed E-state index contributed by atoms with van der Waals surface area (Å²) in [6, 6.07) is 3.35. The van der Waals surface area contributed by atoms with Gasteiger partial charge < -0.3 is 14.8 Å². The topological polar surface area (TPSA) is 47.6 Å². The molecule has 2 rings (SSSR count). The minimum atomic E-state index is -0.752. The number of ether oxygens (including phenoxy) is 2. The molecule has 6 heteroatoms. The first-order chi connectivity index (χ1) is 10.1. The lowest BCUT2D eigenvalue weighted by Crippen LogP contribution is -2.40. The fourth-order valence-corrected chi connectivity index (χ4v) is 1.95. The largest absolute Gasteiger partial charge is 0.488 e. The van der Waals surface area contributed by atoms with E-state index in [0.29, 0.717) is 19.1 Å². The van der Waals surface area contributed by atoms with E-state index in [1.807, 2.05) is 0 Å². The maximum atomic E-state index is 13.4. The summed E-state index contributed by atoms with van der Waals surface area (Å²) < 4.78 is 36.9. The molecule has 1 N–H and O–H groups in total. The van der Waals surface area contributed by atoms with Gasteiger partial charge in [0.25, 0.3) is 0 Å². The quantitative estimate of drug-likeness (QED) is 0.749. The highest BCUT2D eigenvalue weighted by Crippen LogP contribution is 2.22. The number of halogens is 2. The Bertz CT molecular complexity index is 472. The van der Waals surface area contributed by atoms with Crippen LogP contribution < -0.4 is 10.1 Å². The summed E-state index contributed by atoms with van der Waals surface area (Å²) in [6.45, 7) is 2.06. The highest BCUT2D eigenvalue weighted by atomic mass is 19.1. The predicted molar refractivity (Wildman–Crippen MR) is 73.0 cm³/mol. The number of carbonyl (C=O) groups excluding carboxylic acids is 1. The summed E-state index contributed by atoms with van der Waals surface area (Å²) in [5.74, 6) is -2.27. The van der Waals surface area contributed by atoms with E-state index >= 15 is 0 Å². The van der Waals surface area contributed by atoms with Crippen LogP contribution in [0.4, 0.5) is 8.78 Å². The normalized spacial score (nSPS) is 15.6. The van der Waals surface area contributed by atoms with Gasteiger partial charge in [0.05, 0.1) is 13.2 Å². The van der Waals surface area contributed by atoms with Crippen LogP contribution in [0, 0.1) is 11.6 Å².